The number of hydrogen-bond acceptors (Lipinski definition) is 4. The van der Waals surface area contributed by atoms with E-state index in [1.54, 1.807) is 18.2 Å². The largest absolute Gasteiger partial charge is 0.436 e. The Hall–Kier alpha value is -2.44. The third kappa shape index (κ3) is 5.09. The average Bonchev–Trinajstić information content (AvgIpc) is 3.06. The van der Waals surface area contributed by atoms with Gasteiger partial charge < -0.3 is 15.1 Å². The fourth-order valence-electron chi connectivity index (χ4n) is 2.79. The van der Waals surface area contributed by atoms with E-state index in [2.05, 4.69) is 22.5 Å². The number of amides is 1. The van der Waals surface area contributed by atoms with E-state index in [-0.39, 0.29) is 11.0 Å². The highest BCUT2D eigenvalue weighted by molar-refractivity contribution is 7.80. The number of rotatable bonds is 6. The highest BCUT2D eigenvalue weighted by Crippen LogP contribution is 2.29. The molecule has 146 valence electrons. The van der Waals surface area contributed by atoms with Crippen LogP contribution in [0.25, 0.3) is 22.6 Å². The Morgan fingerprint density at radius 3 is 2.82 bits per heavy atom. The van der Waals surface area contributed by atoms with Crippen LogP contribution in [0.5, 0.6) is 0 Å². The Bertz CT molecular complexity index is 1020. The third-order valence-corrected chi connectivity index (χ3v) is 4.78. The lowest BCUT2D eigenvalue weighted by molar-refractivity contribution is -0.119. The van der Waals surface area contributed by atoms with Gasteiger partial charge in [0.15, 0.2) is 10.7 Å². The molecular weight excluding hydrogens is 394 g/mol. The second-order valence-corrected chi connectivity index (χ2v) is 7.46. The molecule has 0 bridgehead atoms. The number of anilines is 1. The van der Waals surface area contributed by atoms with Gasteiger partial charge in [0.1, 0.15) is 5.52 Å². The summed E-state index contributed by atoms with van der Waals surface area (Å²) in [6, 6.07) is 11.1. The van der Waals surface area contributed by atoms with E-state index in [1.165, 1.54) is 0 Å². The number of benzene rings is 2. The van der Waals surface area contributed by atoms with Gasteiger partial charge in [-0.1, -0.05) is 37.4 Å². The number of unbranched alkanes of at least 4 members (excludes halogenated alkanes) is 2. The smallest absolute Gasteiger partial charge is 0.227 e. The van der Waals surface area contributed by atoms with Crippen LogP contribution < -0.4 is 10.6 Å². The predicted molar refractivity (Wildman–Crippen MR) is 118 cm³/mol. The van der Waals surface area contributed by atoms with Gasteiger partial charge in [0, 0.05) is 22.7 Å². The average molecular weight is 416 g/mol. The van der Waals surface area contributed by atoms with Gasteiger partial charge in [0.25, 0.3) is 0 Å². The third-order valence-electron chi connectivity index (χ3n) is 4.34. The van der Waals surface area contributed by atoms with Gasteiger partial charge in [-0.25, -0.2) is 4.98 Å². The van der Waals surface area contributed by atoms with Crippen LogP contribution in [0.1, 0.15) is 38.2 Å². The van der Waals surface area contributed by atoms with Gasteiger partial charge in [0.05, 0.1) is 0 Å². The molecule has 28 heavy (non-hydrogen) atoms. The minimum Gasteiger partial charge on any atom is -0.436 e. The number of aryl methyl sites for hydroxylation is 1. The first-order valence-electron chi connectivity index (χ1n) is 9.24. The van der Waals surface area contributed by atoms with Crippen molar-refractivity contribution in [2.75, 3.05) is 5.32 Å². The summed E-state index contributed by atoms with van der Waals surface area (Å²) >= 11 is 11.3. The van der Waals surface area contributed by atoms with Gasteiger partial charge in [-0.15, -0.1) is 0 Å². The number of halogens is 1. The first-order chi connectivity index (χ1) is 13.5. The number of nitrogens with one attached hydrogen (secondary N) is 2. The number of nitrogens with zero attached hydrogens (tertiary/aromatic N) is 1. The second-order valence-electron chi connectivity index (χ2n) is 6.62. The molecular formula is C21H22ClN3O2S. The molecule has 0 atom stereocenters. The number of aromatic nitrogens is 1. The van der Waals surface area contributed by atoms with Crippen LogP contribution in [0.3, 0.4) is 0 Å². The molecule has 1 amide bonds. The van der Waals surface area contributed by atoms with Crippen molar-refractivity contribution in [1.82, 2.24) is 10.3 Å². The van der Waals surface area contributed by atoms with Crippen molar-refractivity contribution in [2.45, 2.75) is 39.5 Å². The zero-order valence-corrected chi connectivity index (χ0v) is 17.4. The van der Waals surface area contributed by atoms with E-state index < -0.39 is 0 Å². The quantitative estimate of drug-likeness (QED) is 0.390. The molecule has 5 nitrogen and oxygen atoms in total. The first kappa shape index (κ1) is 20.3. The molecule has 0 saturated carbocycles. The molecule has 0 spiro atoms. The summed E-state index contributed by atoms with van der Waals surface area (Å²) in [6.45, 7) is 4.06. The molecule has 3 aromatic rings. The zero-order valence-electron chi connectivity index (χ0n) is 15.8. The lowest BCUT2D eigenvalue weighted by Gasteiger charge is -2.12. The molecule has 0 aliphatic carbocycles. The number of carbonyl (C=O) groups excluding carboxylic acids is 1. The number of thiocarbonyl (C=S) groups is 1. The summed E-state index contributed by atoms with van der Waals surface area (Å²) in [5.74, 6) is 0.422. The van der Waals surface area contributed by atoms with Gasteiger partial charge >= 0.3 is 0 Å². The van der Waals surface area contributed by atoms with Crippen molar-refractivity contribution in [3.63, 3.8) is 0 Å². The summed E-state index contributed by atoms with van der Waals surface area (Å²) in [7, 11) is 0. The molecule has 1 heterocycles. The number of fused-ring (bicyclic) bond motifs is 1. The van der Waals surface area contributed by atoms with Crippen LogP contribution in [0.15, 0.2) is 40.8 Å². The fraction of sp³-hybridized carbons (Fsp3) is 0.286. The van der Waals surface area contributed by atoms with Crippen molar-refractivity contribution in [2.24, 2.45) is 0 Å². The molecule has 1 aromatic heterocycles. The molecule has 0 fully saturated rings. The topological polar surface area (TPSA) is 67.2 Å². The zero-order chi connectivity index (χ0) is 20.1. The normalized spacial score (nSPS) is 10.8. The number of carbonyl (C=O) groups is 1. The van der Waals surface area contributed by atoms with Crippen LogP contribution in [0.4, 0.5) is 5.69 Å². The molecule has 7 heteroatoms. The molecule has 3 rings (SSSR count). The molecule has 0 aliphatic rings. The minimum atomic E-state index is -0.0735. The van der Waals surface area contributed by atoms with Crippen LogP contribution in [0, 0.1) is 6.92 Å². The van der Waals surface area contributed by atoms with E-state index >= 15 is 0 Å². The predicted octanol–water partition coefficient (Wildman–Crippen LogP) is 5.85. The lowest BCUT2D eigenvalue weighted by Crippen LogP contribution is -2.34. The molecule has 2 aromatic carbocycles. The Morgan fingerprint density at radius 1 is 1.21 bits per heavy atom. The van der Waals surface area contributed by atoms with Crippen LogP contribution in [0.2, 0.25) is 5.02 Å². The second kappa shape index (κ2) is 9.17. The molecule has 0 unspecified atom stereocenters. The summed E-state index contributed by atoms with van der Waals surface area (Å²) in [6.07, 6.45) is 3.44. The number of hydrogen-bond donors (Lipinski definition) is 2. The Morgan fingerprint density at radius 2 is 2.04 bits per heavy atom. The Balaban J connectivity index is 1.73. The van der Waals surface area contributed by atoms with Crippen LogP contribution >= 0.6 is 23.8 Å². The summed E-state index contributed by atoms with van der Waals surface area (Å²) in [4.78, 5) is 16.4. The highest BCUT2D eigenvalue weighted by atomic mass is 35.5. The van der Waals surface area contributed by atoms with Crippen LogP contribution in [-0.2, 0) is 4.79 Å². The lowest BCUT2D eigenvalue weighted by atomic mass is 10.1. The summed E-state index contributed by atoms with van der Waals surface area (Å²) in [5.41, 5.74) is 3.96. The van der Waals surface area contributed by atoms with Gasteiger partial charge in [-0.05, 0) is 61.5 Å². The maximum Gasteiger partial charge on any atom is 0.227 e. The maximum atomic E-state index is 11.9. The van der Waals surface area contributed by atoms with E-state index in [9.17, 15) is 4.79 Å². The van der Waals surface area contributed by atoms with E-state index in [1.807, 2.05) is 25.1 Å². The SMILES string of the molecule is CCCCCC(=O)NC(=S)Nc1cc(-c2nc3cc(Cl)ccc3o2)ccc1C. The van der Waals surface area contributed by atoms with Gasteiger partial charge in [0.2, 0.25) is 11.8 Å². The van der Waals surface area contributed by atoms with Crippen molar-refractivity contribution in [3.8, 4) is 11.5 Å². The summed E-state index contributed by atoms with van der Waals surface area (Å²) < 4.78 is 5.83. The Labute approximate surface area is 174 Å². The highest BCUT2D eigenvalue weighted by Gasteiger charge is 2.12. The van der Waals surface area contributed by atoms with E-state index in [4.69, 9.17) is 28.2 Å². The molecule has 2 N–H and O–H groups in total. The fourth-order valence-corrected chi connectivity index (χ4v) is 3.18. The van der Waals surface area contributed by atoms with E-state index in [0.29, 0.717) is 28.4 Å². The van der Waals surface area contributed by atoms with E-state index in [0.717, 1.165) is 36.1 Å². The standard InChI is InChI=1S/C21H22ClN3O2S/c1-3-4-5-6-19(26)25-21(28)24-16-11-14(8-7-13(16)2)20-23-17-12-15(22)9-10-18(17)27-20/h7-12H,3-6H2,1-2H3,(H2,24,25,26,28). The van der Waals surface area contributed by atoms with Crippen molar-refractivity contribution < 1.29 is 9.21 Å². The monoisotopic (exact) mass is 415 g/mol. The van der Waals surface area contributed by atoms with Crippen molar-refractivity contribution >= 4 is 51.6 Å². The molecule has 0 aliphatic heterocycles. The van der Waals surface area contributed by atoms with Crippen molar-refractivity contribution in [1.29, 1.82) is 0 Å². The van der Waals surface area contributed by atoms with Gasteiger partial charge in [-0.2, -0.15) is 0 Å². The molecule has 0 saturated heterocycles. The minimum absolute atomic E-state index is 0.0735. The van der Waals surface area contributed by atoms with Gasteiger partial charge in [-0.3, -0.25) is 4.79 Å². The summed E-state index contributed by atoms with van der Waals surface area (Å²) in [5, 5.41) is 6.72. The Kier molecular flexibility index (Phi) is 6.65. The van der Waals surface area contributed by atoms with Crippen molar-refractivity contribution in [3.05, 3.63) is 47.0 Å². The molecule has 0 radical (unpaired) electrons. The first-order valence-corrected chi connectivity index (χ1v) is 10.0. The maximum absolute atomic E-state index is 11.9. The number of oxazole rings is 1. The van der Waals surface area contributed by atoms with Crippen LogP contribution in [-0.4, -0.2) is 16.0 Å².